The van der Waals surface area contributed by atoms with Crippen molar-refractivity contribution in [3.63, 3.8) is 0 Å². The molecule has 0 saturated heterocycles. The van der Waals surface area contributed by atoms with Crippen LogP contribution in [0.4, 0.5) is 4.39 Å². The van der Waals surface area contributed by atoms with Gasteiger partial charge in [-0.15, -0.1) is 10.2 Å². The van der Waals surface area contributed by atoms with Gasteiger partial charge in [-0.2, -0.15) is 0 Å². The van der Waals surface area contributed by atoms with Crippen LogP contribution in [0.1, 0.15) is 17.3 Å². The molecule has 106 valence electrons. The highest BCUT2D eigenvalue weighted by Gasteiger charge is 2.19. The fourth-order valence-electron chi connectivity index (χ4n) is 1.99. The summed E-state index contributed by atoms with van der Waals surface area (Å²) in [6.45, 7) is 0. The minimum Gasteiger partial charge on any atom is -0.496 e. The molecule has 1 atom stereocenters. The first kappa shape index (κ1) is 14.2. The number of benzene rings is 1. The fraction of sp³-hybridized carbons (Fsp3) is 0.286. The maximum atomic E-state index is 13.5. The molecule has 1 unspecified atom stereocenters. The predicted octanol–water partition coefficient (Wildman–Crippen LogP) is 1.94. The molecule has 1 aromatic carbocycles. The normalized spacial score (nSPS) is 12.0. The lowest BCUT2D eigenvalue weighted by molar-refractivity contribution is 0.389. The Hall–Kier alpha value is -2.21. The molecule has 6 heteroatoms. The number of rotatable bonds is 5. The zero-order chi connectivity index (χ0) is 14.5. The third-order valence-electron chi connectivity index (χ3n) is 2.96. The van der Waals surface area contributed by atoms with E-state index >= 15 is 0 Å². The van der Waals surface area contributed by atoms with Gasteiger partial charge in [0, 0.05) is 11.6 Å². The van der Waals surface area contributed by atoms with Gasteiger partial charge in [0.05, 0.1) is 26.0 Å². The van der Waals surface area contributed by atoms with E-state index in [2.05, 4.69) is 15.5 Å². The fourth-order valence-corrected chi connectivity index (χ4v) is 1.99. The Balaban J connectivity index is 2.43. The molecule has 1 aromatic heterocycles. The maximum Gasteiger partial charge on any atom is 0.233 e. The van der Waals surface area contributed by atoms with Gasteiger partial charge < -0.3 is 14.8 Å². The van der Waals surface area contributed by atoms with Crippen LogP contribution in [0, 0.1) is 5.82 Å². The molecule has 0 spiro atoms. The molecule has 2 aromatic rings. The van der Waals surface area contributed by atoms with Crippen LogP contribution >= 0.6 is 0 Å². The van der Waals surface area contributed by atoms with Crippen molar-refractivity contribution < 1.29 is 13.9 Å². The molecule has 0 fully saturated rings. The van der Waals surface area contributed by atoms with Crippen LogP contribution in [0.5, 0.6) is 11.6 Å². The molecule has 0 bridgehead atoms. The second kappa shape index (κ2) is 6.29. The van der Waals surface area contributed by atoms with E-state index in [-0.39, 0.29) is 11.9 Å². The summed E-state index contributed by atoms with van der Waals surface area (Å²) in [6, 6.07) is 7.53. The van der Waals surface area contributed by atoms with Gasteiger partial charge in [-0.25, -0.2) is 4.39 Å². The van der Waals surface area contributed by atoms with Crippen LogP contribution in [0.25, 0.3) is 0 Å². The maximum absolute atomic E-state index is 13.5. The Bertz CT molecular complexity index is 575. The predicted molar refractivity (Wildman–Crippen MR) is 72.4 cm³/mol. The summed E-state index contributed by atoms with van der Waals surface area (Å²) in [5.41, 5.74) is 1.31. The van der Waals surface area contributed by atoms with E-state index in [1.54, 1.807) is 32.4 Å². The number of aromatic nitrogens is 2. The molecular formula is C14H16FN3O2. The van der Waals surface area contributed by atoms with Gasteiger partial charge in [-0.05, 0) is 31.3 Å². The molecule has 1 N–H and O–H groups in total. The molecular weight excluding hydrogens is 261 g/mol. The average molecular weight is 277 g/mol. The van der Waals surface area contributed by atoms with Gasteiger partial charge in [-0.3, -0.25) is 0 Å². The minimum atomic E-state index is -0.331. The molecule has 0 saturated carbocycles. The van der Waals surface area contributed by atoms with Crippen LogP contribution < -0.4 is 14.8 Å². The topological polar surface area (TPSA) is 56.3 Å². The van der Waals surface area contributed by atoms with Crippen molar-refractivity contribution in [2.24, 2.45) is 0 Å². The SMILES string of the molecule is CNC(c1ccc(OC)nn1)c1cc(F)ccc1OC. The van der Waals surface area contributed by atoms with E-state index < -0.39 is 0 Å². The van der Waals surface area contributed by atoms with Gasteiger partial charge >= 0.3 is 0 Å². The average Bonchev–Trinajstić information content (AvgIpc) is 2.49. The highest BCUT2D eigenvalue weighted by atomic mass is 19.1. The van der Waals surface area contributed by atoms with E-state index in [0.717, 1.165) is 0 Å². The first-order chi connectivity index (χ1) is 9.69. The zero-order valence-electron chi connectivity index (χ0n) is 11.6. The Morgan fingerprint density at radius 2 is 1.90 bits per heavy atom. The highest BCUT2D eigenvalue weighted by molar-refractivity contribution is 5.40. The van der Waals surface area contributed by atoms with Crippen LogP contribution in [-0.4, -0.2) is 31.5 Å². The minimum absolute atomic E-state index is 0.320. The molecule has 20 heavy (non-hydrogen) atoms. The van der Waals surface area contributed by atoms with Crippen LogP contribution in [-0.2, 0) is 0 Å². The monoisotopic (exact) mass is 277 g/mol. The summed E-state index contributed by atoms with van der Waals surface area (Å²) in [5.74, 6) is 0.681. The van der Waals surface area contributed by atoms with Crippen LogP contribution in [0.2, 0.25) is 0 Å². The number of nitrogens with one attached hydrogen (secondary N) is 1. The van der Waals surface area contributed by atoms with Crippen molar-refractivity contribution >= 4 is 0 Å². The third-order valence-corrected chi connectivity index (χ3v) is 2.96. The van der Waals surface area contributed by atoms with Crippen molar-refractivity contribution in [2.75, 3.05) is 21.3 Å². The Morgan fingerprint density at radius 3 is 2.45 bits per heavy atom. The number of hydrogen-bond donors (Lipinski definition) is 1. The van der Waals surface area contributed by atoms with Crippen LogP contribution in [0.3, 0.4) is 0 Å². The molecule has 0 aliphatic carbocycles. The summed E-state index contributed by atoms with van der Waals surface area (Å²) in [7, 11) is 4.83. The molecule has 0 aliphatic heterocycles. The van der Waals surface area contributed by atoms with Gasteiger partial charge in [0.15, 0.2) is 0 Å². The standard InChI is InChI=1S/C14H16FN3O2/c1-16-14(11-5-7-13(20-3)18-17-11)10-8-9(15)4-6-12(10)19-2/h4-8,14,16H,1-3H3. The van der Waals surface area contributed by atoms with Gasteiger partial charge in [-0.1, -0.05) is 0 Å². The summed E-state index contributed by atoms with van der Waals surface area (Å²) in [6.07, 6.45) is 0. The van der Waals surface area contributed by atoms with Crippen molar-refractivity contribution in [3.05, 3.63) is 47.4 Å². The Morgan fingerprint density at radius 1 is 1.10 bits per heavy atom. The third kappa shape index (κ3) is 2.85. The van der Waals surface area contributed by atoms with E-state index in [0.29, 0.717) is 22.9 Å². The zero-order valence-corrected chi connectivity index (χ0v) is 11.6. The molecule has 1 heterocycles. The van der Waals surface area contributed by atoms with Crippen molar-refractivity contribution in [2.45, 2.75) is 6.04 Å². The summed E-state index contributed by atoms with van der Waals surface area (Å²) < 4.78 is 23.7. The summed E-state index contributed by atoms with van der Waals surface area (Å²) in [4.78, 5) is 0. The van der Waals surface area contributed by atoms with E-state index in [9.17, 15) is 4.39 Å². The van der Waals surface area contributed by atoms with Gasteiger partial charge in [0.1, 0.15) is 11.6 Å². The first-order valence-corrected chi connectivity index (χ1v) is 6.08. The number of hydrogen-bond acceptors (Lipinski definition) is 5. The largest absolute Gasteiger partial charge is 0.496 e. The number of ether oxygens (including phenoxy) is 2. The lowest BCUT2D eigenvalue weighted by Crippen LogP contribution is -2.20. The van der Waals surface area contributed by atoms with E-state index in [1.807, 2.05) is 0 Å². The number of halogens is 1. The van der Waals surface area contributed by atoms with Gasteiger partial charge in [0.25, 0.3) is 0 Å². The van der Waals surface area contributed by atoms with Crippen molar-refractivity contribution in [1.29, 1.82) is 0 Å². The van der Waals surface area contributed by atoms with E-state index in [4.69, 9.17) is 9.47 Å². The summed E-state index contributed by atoms with van der Waals surface area (Å²) >= 11 is 0. The van der Waals surface area contributed by atoms with Crippen LogP contribution in [0.15, 0.2) is 30.3 Å². The second-order valence-electron chi connectivity index (χ2n) is 4.11. The highest BCUT2D eigenvalue weighted by Crippen LogP contribution is 2.29. The smallest absolute Gasteiger partial charge is 0.233 e. The second-order valence-corrected chi connectivity index (χ2v) is 4.11. The summed E-state index contributed by atoms with van der Waals surface area (Å²) in [5, 5.41) is 11.1. The lowest BCUT2D eigenvalue weighted by Gasteiger charge is -2.18. The van der Waals surface area contributed by atoms with Crippen molar-refractivity contribution in [3.8, 4) is 11.6 Å². The van der Waals surface area contributed by atoms with E-state index in [1.165, 1.54) is 19.2 Å². The number of nitrogens with zero attached hydrogens (tertiary/aromatic N) is 2. The number of methoxy groups -OCH3 is 2. The molecule has 0 aliphatic rings. The molecule has 0 radical (unpaired) electrons. The quantitative estimate of drug-likeness (QED) is 0.905. The Labute approximate surface area is 116 Å². The molecule has 0 amide bonds. The Kier molecular flexibility index (Phi) is 4.47. The van der Waals surface area contributed by atoms with Crippen molar-refractivity contribution in [1.82, 2.24) is 15.5 Å². The lowest BCUT2D eigenvalue weighted by atomic mass is 10.0. The molecule has 5 nitrogen and oxygen atoms in total. The first-order valence-electron chi connectivity index (χ1n) is 6.08. The molecule has 2 rings (SSSR count). The van der Waals surface area contributed by atoms with Gasteiger partial charge in [0.2, 0.25) is 5.88 Å².